The van der Waals surface area contributed by atoms with Gasteiger partial charge in [0.15, 0.2) is 0 Å². The monoisotopic (exact) mass is 363 g/mol. The lowest BCUT2D eigenvalue weighted by atomic mass is 9.56. The second-order valence-electron chi connectivity index (χ2n) is 7.43. The highest BCUT2D eigenvalue weighted by Crippen LogP contribution is 2.55. The molecule has 142 valence electrons. The molecule has 0 saturated heterocycles. The Kier molecular flexibility index (Phi) is 5.63. The number of ether oxygens (including phenoxy) is 2. The molecule has 2 bridgehead atoms. The molecule has 1 aromatic carbocycles. The van der Waals surface area contributed by atoms with Gasteiger partial charge in [-0.05, 0) is 61.6 Å². The number of benzene rings is 1. The molecule has 5 nitrogen and oxygen atoms in total. The first-order valence-corrected chi connectivity index (χ1v) is 9.08. The summed E-state index contributed by atoms with van der Waals surface area (Å²) in [4.78, 5) is 10.8. The third-order valence-corrected chi connectivity index (χ3v) is 5.99. The van der Waals surface area contributed by atoms with Crippen LogP contribution in [-0.2, 0) is 14.9 Å². The zero-order valence-electron chi connectivity index (χ0n) is 14.9. The predicted molar refractivity (Wildman–Crippen MR) is 95.9 cm³/mol. The van der Waals surface area contributed by atoms with E-state index in [-0.39, 0.29) is 30.8 Å². The van der Waals surface area contributed by atoms with Crippen molar-refractivity contribution in [3.05, 3.63) is 41.7 Å². The van der Waals surface area contributed by atoms with Crippen LogP contribution in [0.3, 0.4) is 0 Å². The maximum atomic E-state index is 12.5. The summed E-state index contributed by atoms with van der Waals surface area (Å²) in [5.74, 6) is -0.207. The summed E-state index contributed by atoms with van der Waals surface area (Å²) in [6.07, 6.45) is 6.23. The highest BCUT2D eigenvalue weighted by atomic mass is 19.1. The van der Waals surface area contributed by atoms with E-state index in [4.69, 9.17) is 20.3 Å². The maximum absolute atomic E-state index is 12.5. The van der Waals surface area contributed by atoms with E-state index in [1.54, 1.807) is 0 Å². The van der Waals surface area contributed by atoms with Crippen molar-refractivity contribution in [1.29, 1.82) is 0 Å². The molecule has 1 aromatic rings. The molecule has 0 atom stereocenters. The van der Waals surface area contributed by atoms with Gasteiger partial charge in [-0.1, -0.05) is 12.1 Å². The number of rotatable bonds is 8. The fraction of sp³-hybridized carbons (Fsp3) is 0.550. The van der Waals surface area contributed by atoms with E-state index in [0.717, 1.165) is 38.5 Å². The topological polar surface area (TPSA) is 81.8 Å². The Labute approximate surface area is 153 Å². The molecule has 0 unspecified atom stereocenters. The molecule has 0 amide bonds. The maximum Gasteiger partial charge on any atom is 0.329 e. The molecular weight excluding hydrogens is 337 g/mol. The van der Waals surface area contributed by atoms with Crippen molar-refractivity contribution >= 4 is 5.97 Å². The van der Waals surface area contributed by atoms with Gasteiger partial charge in [-0.15, -0.1) is 0 Å². The van der Waals surface area contributed by atoms with Crippen molar-refractivity contribution in [2.45, 2.75) is 49.5 Å². The minimum Gasteiger partial charge on any atom is -0.489 e. The van der Waals surface area contributed by atoms with Crippen LogP contribution < -0.4 is 10.5 Å². The first kappa shape index (κ1) is 18.9. The molecule has 3 aliphatic rings. The van der Waals surface area contributed by atoms with Crippen molar-refractivity contribution < 1.29 is 23.8 Å². The summed E-state index contributed by atoms with van der Waals surface area (Å²) in [6.45, 7) is 0.0848. The van der Waals surface area contributed by atoms with Gasteiger partial charge in [-0.25, -0.2) is 9.18 Å². The van der Waals surface area contributed by atoms with Gasteiger partial charge in [0, 0.05) is 12.1 Å². The third kappa shape index (κ3) is 3.91. The summed E-state index contributed by atoms with van der Waals surface area (Å²) >= 11 is 0. The normalized spacial score (nSPS) is 28.2. The number of hydrogen-bond acceptors (Lipinski definition) is 4. The first-order valence-electron chi connectivity index (χ1n) is 9.08. The van der Waals surface area contributed by atoms with Gasteiger partial charge >= 0.3 is 5.97 Å². The molecule has 3 N–H and O–H groups in total. The van der Waals surface area contributed by atoms with Crippen LogP contribution in [-0.4, -0.2) is 36.4 Å². The summed E-state index contributed by atoms with van der Waals surface area (Å²) < 4.78 is 23.8. The fourth-order valence-electron chi connectivity index (χ4n) is 4.23. The number of carboxylic acids is 1. The summed E-state index contributed by atoms with van der Waals surface area (Å²) in [5.41, 5.74) is 7.03. The van der Waals surface area contributed by atoms with E-state index in [9.17, 15) is 9.18 Å². The van der Waals surface area contributed by atoms with Gasteiger partial charge in [0.2, 0.25) is 0 Å². The zero-order valence-corrected chi connectivity index (χ0v) is 14.9. The van der Waals surface area contributed by atoms with Crippen LogP contribution in [0, 0.1) is 0 Å². The molecule has 26 heavy (non-hydrogen) atoms. The van der Waals surface area contributed by atoms with Crippen LogP contribution in [0.5, 0.6) is 5.75 Å². The Hall–Kier alpha value is -1.92. The van der Waals surface area contributed by atoms with Gasteiger partial charge in [-0.3, -0.25) is 0 Å². The average Bonchev–Trinajstić information content (AvgIpc) is 2.69. The van der Waals surface area contributed by atoms with Crippen molar-refractivity contribution in [3.63, 3.8) is 0 Å². The van der Waals surface area contributed by atoms with E-state index >= 15 is 0 Å². The zero-order chi connectivity index (χ0) is 18.6. The van der Waals surface area contributed by atoms with Gasteiger partial charge < -0.3 is 20.3 Å². The van der Waals surface area contributed by atoms with Crippen molar-refractivity contribution in [2.24, 2.45) is 5.73 Å². The Morgan fingerprint density at radius 1 is 1.12 bits per heavy atom. The Morgan fingerprint density at radius 2 is 1.73 bits per heavy atom. The van der Waals surface area contributed by atoms with Crippen LogP contribution in [0.4, 0.5) is 4.39 Å². The van der Waals surface area contributed by atoms with Crippen LogP contribution in [0.1, 0.15) is 44.1 Å². The van der Waals surface area contributed by atoms with Crippen LogP contribution in [0.15, 0.2) is 36.2 Å². The van der Waals surface area contributed by atoms with Gasteiger partial charge in [0.25, 0.3) is 0 Å². The quantitative estimate of drug-likeness (QED) is 0.740. The molecule has 4 rings (SSSR count). The fourth-order valence-corrected chi connectivity index (χ4v) is 4.23. The van der Waals surface area contributed by atoms with E-state index in [1.165, 1.54) is 5.56 Å². The Morgan fingerprint density at radius 3 is 2.23 bits per heavy atom. The number of fused-ring (bicyclic) bond motifs is 3. The standard InChI is InChI=1S/C20H26FNO4/c21-11-15(12-22)13-25-17-3-1-16(2-4-17)19-5-8-20(9-6-19,10-7-19)26-14-18(23)24/h1-4,11H,5-10,12-14,22H2,(H,23,24). The molecule has 0 spiro atoms. The molecule has 3 aliphatic carbocycles. The number of hydrogen-bond donors (Lipinski definition) is 2. The largest absolute Gasteiger partial charge is 0.489 e. The molecule has 0 radical (unpaired) electrons. The molecule has 0 aromatic heterocycles. The van der Waals surface area contributed by atoms with E-state index in [1.807, 2.05) is 12.1 Å². The van der Waals surface area contributed by atoms with Gasteiger partial charge in [0.05, 0.1) is 11.9 Å². The SMILES string of the molecule is NCC(=CF)COc1ccc(C23CCC(OCC(=O)O)(CC2)CC3)cc1. The van der Waals surface area contributed by atoms with E-state index in [2.05, 4.69) is 12.1 Å². The highest BCUT2D eigenvalue weighted by Gasteiger charge is 2.50. The Bertz CT molecular complexity index is 646. The Balaban J connectivity index is 1.61. The summed E-state index contributed by atoms with van der Waals surface area (Å²) in [7, 11) is 0. The number of halogens is 1. The minimum atomic E-state index is -0.905. The molecular formula is C20H26FNO4. The lowest BCUT2D eigenvalue weighted by Gasteiger charge is -2.53. The molecule has 0 aliphatic heterocycles. The number of carboxylic acid groups (broad SMARTS) is 1. The first-order chi connectivity index (χ1) is 12.5. The van der Waals surface area contributed by atoms with Crippen molar-refractivity contribution in [1.82, 2.24) is 0 Å². The van der Waals surface area contributed by atoms with Crippen LogP contribution in [0.25, 0.3) is 0 Å². The second kappa shape index (κ2) is 7.76. The second-order valence-corrected chi connectivity index (χ2v) is 7.43. The molecule has 3 fully saturated rings. The predicted octanol–water partition coefficient (Wildman–Crippen LogP) is 3.32. The van der Waals surface area contributed by atoms with Crippen molar-refractivity contribution in [3.8, 4) is 5.75 Å². The van der Waals surface area contributed by atoms with Gasteiger partial charge in [0.1, 0.15) is 19.0 Å². The number of carbonyl (C=O) groups is 1. The minimum absolute atomic E-state index is 0.142. The van der Waals surface area contributed by atoms with Gasteiger partial charge in [-0.2, -0.15) is 0 Å². The molecule has 6 heteroatoms. The summed E-state index contributed by atoms with van der Waals surface area (Å²) in [6, 6.07) is 8.03. The third-order valence-electron chi connectivity index (χ3n) is 5.99. The smallest absolute Gasteiger partial charge is 0.329 e. The summed E-state index contributed by atoms with van der Waals surface area (Å²) in [5, 5.41) is 8.86. The molecule has 0 heterocycles. The lowest BCUT2D eigenvalue weighted by molar-refractivity contribution is -0.160. The number of aliphatic carboxylic acids is 1. The van der Waals surface area contributed by atoms with E-state index < -0.39 is 5.97 Å². The molecule has 3 saturated carbocycles. The lowest BCUT2D eigenvalue weighted by Crippen LogP contribution is -2.50. The van der Waals surface area contributed by atoms with E-state index in [0.29, 0.717) is 17.7 Å². The van der Waals surface area contributed by atoms with Crippen molar-refractivity contribution in [2.75, 3.05) is 19.8 Å². The number of nitrogens with two attached hydrogens (primary N) is 1. The highest BCUT2D eigenvalue weighted by molar-refractivity contribution is 5.68. The average molecular weight is 363 g/mol. The van der Waals surface area contributed by atoms with Crippen LogP contribution in [0.2, 0.25) is 0 Å². The van der Waals surface area contributed by atoms with Crippen LogP contribution >= 0.6 is 0 Å².